The molecule has 2 aliphatic carbocycles. The molecule has 1 heteroatoms. The molecule has 2 fully saturated rings. The minimum absolute atomic E-state index is 0.784. The van der Waals surface area contributed by atoms with Crippen LogP contribution in [-0.2, 0) is 0 Å². The van der Waals surface area contributed by atoms with E-state index in [1.807, 2.05) is 0 Å². The summed E-state index contributed by atoms with van der Waals surface area (Å²) in [6.45, 7) is 9.44. The Hall–Kier alpha value is -0.0400. The van der Waals surface area contributed by atoms with Crippen molar-refractivity contribution in [1.29, 1.82) is 0 Å². The van der Waals surface area contributed by atoms with Crippen LogP contribution in [-0.4, -0.2) is 13.1 Å². The fourth-order valence-electron chi connectivity index (χ4n) is 4.08. The molecule has 3 unspecified atom stereocenters. The predicted octanol–water partition coefficient (Wildman–Crippen LogP) is 4.62. The molecule has 1 N–H and O–H groups in total. The highest BCUT2D eigenvalue weighted by atomic mass is 14.9. The molecule has 0 radical (unpaired) electrons. The zero-order valence-electron chi connectivity index (χ0n) is 12.8. The van der Waals surface area contributed by atoms with Gasteiger partial charge in [-0.3, -0.25) is 0 Å². The number of rotatable bonds is 6. The van der Waals surface area contributed by atoms with E-state index in [4.69, 9.17) is 0 Å². The van der Waals surface area contributed by atoms with Crippen molar-refractivity contribution in [2.75, 3.05) is 13.1 Å². The Balaban J connectivity index is 1.70. The molecule has 2 rings (SSSR count). The van der Waals surface area contributed by atoms with Gasteiger partial charge in [-0.2, -0.15) is 0 Å². The first-order valence-electron chi connectivity index (χ1n) is 8.37. The van der Waals surface area contributed by atoms with E-state index in [1.54, 1.807) is 0 Å². The molecule has 0 aromatic heterocycles. The summed E-state index contributed by atoms with van der Waals surface area (Å²) in [6, 6.07) is 0. The number of hydrogen-bond acceptors (Lipinski definition) is 1. The van der Waals surface area contributed by atoms with Crippen molar-refractivity contribution in [3.63, 3.8) is 0 Å². The Morgan fingerprint density at radius 2 is 2.06 bits per heavy atom. The fourth-order valence-corrected chi connectivity index (χ4v) is 4.08. The van der Waals surface area contributed by atoms with Crippen molar-refractivity contribution < 1.29 is 0 Å². The average molecular weight is 251 g/mol. The SMILES string of the molecule is CCCC1CCCC2(CC1)CC2CNCC(C)C. The standard InChI is InChI=1S/C17H33N/c1-4-6-15-7-5-9-17(10-8-15)11-16(17)13-18-12-14(2)3/h14-16,18H,4-13H2,1-3H3. The molecule has 3 atom stereocenters. The highest BCUT2D eigenvalue weighted by molar-refractivity contribution is 5.03. The molecular formula is C17H33N. The van der Waals surface area contributed by atoms with Crippen LogP contribution in [0.5, 0.6) is 0 Å². The lowest BCUT2D eigenvalue weighted by Crippen LogP contribution is -2.24. The number of hydrogen-bond donors (Lipinski definition) is 1. The third kappa shape index (κ3) is 3.73. The molecule has 0 aliphatic heterocycles. The van der Waals surface area contributed by atoms with Gasteiger partial charge < -0.3 is 5.32 Å². The van der Waals surface area contributed by atoms with Crippen LogP contribution in [0.2, 0.25) is 0 Å². The van der Waals surface area contributed by atoms with Gasteiger partial charge in [0.05, 0.1) is 0 Å². The summed E-state index contributed by atoms with van der Waals surface area (Å²) >= 11 is 0. The predicted molar refractivity (Wildman–Crippen MR) is 79.7 cm³/mol. The molecule has 0 bridgehead atoms. The van der Waals surface area contributed by atoms with Crippen molar-refractivity contribution in [3.8, 4) is 0 Å². The van der Waals surface area contributed by atoms with Gasteiger partial charge in [0, 0.05) is 0 Å². The molecule has 0 aromatic rings. The van der Waals surface area contributed by atoms with E-state index in [0.717, 1.165) is 23.2 Å². The maximum absolute atomic E-state index is 3.68. The molecule has 0 aromatic carbocycles. The van der Waals surface area contributed by atoms with Crippen molar-refractivity contribution in [2.45, 2.75) is 72.1 Å². The average Bonchev–Trinajstić information content (AvgIpc) is 3.03. The third-order valence-corrected chi connectivity index (χ3v) is 5.34. The maximum atomic E-state index is 3.68. The Kier molecular flexibility index (Phi) is 5.12. The van der Waals surface area contributed by atoms with Crippen molar-refractivity contribution in [3.05, 3.63) is 0 Å². The molecule has 106 valence electrons. The van der Waals surface area contributed by atoms with Crippen molar-refractivity contribution in [2.24, 2.45) is 23.2 Å². The molecule has 0 amide bonds. The zero-order chi connectivity index (χ0) is 13.0. The smallest absolute Gasteiger partial charge is 0.00149 e. The first-order chi connectivity index (χ1) is 8.66. The molecule has 0 heterocycles. The zero-order valence-corrected chi connectivity index (χ0v) is 12.8. The second-order valence-corrected chi connectivity index (χ2v) is 7.40. The van der Waals surface area contributed by atoms with Gasteiger partial charge in [-0.05, 0) is 61.9 Å². The summed E-state index contributed by atoms with van der Waals surface area (Å²) in [5.41, 5.74) is 0.784. The van der Waals surface area contributed by atoms with E-state index in [0.29, 0.717) is 0 Å². The fraction of sp³-hybridized carbons (Fsp3) is 1.00. The number of nitrogens with one attached hydrogen (secondary N) is 1. The molecule has 1 spiro atoms. The van der Waals surface area contributed by atoms with Crippen LogP contribution in [0.25, 0.3) is 0 Å². The second kappa shape index (κ2) is 6.41. The summed E-state index contributed by atoms with van der Waals surface area (Å²) in [6.07, 6.45) is 12.0. The van der Waals surface area contributed by atoms with Crippen LogP contribution in [0.1, 0.15) is 72.1 Å². The van der Waals surface area contributed by atoms with Gasteiger partial charge in [-0.1, -0.05) is 46.5 Å². The van der Waals surface area contributed by atoms with Gasteiger partial charge in [0.1, 0.15) is 0 Å². The summed E-state index contributed by atoms with van der Waals surface area (Å²) in [5.74, 6) is 2.86. The first kappa shape index (κ1) is 14.4. The van der Waals surface area contributed by atoms with Gasteiger partial charge in [0.15, 0.2) is 0 Å². The Bertz CT molecular complexity index is 248. The van der Waals surface area contributed by atoms with Crippen LogP contribution >= 0.6 is 0 Å². The topological polar surface area (TPSA) is 12.0 Å². The Labute approximate surface area is 114 Å². The second-order valence-electron chi connectivity index (χ2n) is 7.40. The van der Waals surface area contributed by atoms with Gasteiger partial charge in [0.2, 0.25) is 0 Å². The van der Waals surface area contributed by atoms with E-state index in [1.165, 1.54) is 64.5 Å². The quantitative estimate of drug-likeness (QED) is 0.726. The van der Waals surface area contributed by atoms with Gasteiger partial charge >= 0.3 is 0 Å². The molecule has 18 heavy (non-hydrogen) atoms. The maximum Gasteiger partial charge on any atom is -0.00149 e. The minimum atomic E-state index is 0.784. The summed E-state index contributed by atoms with van der Waals surface area (Å²) in [4.78, 5) is 0. The van der Waals surface area contributed by atoms with Crippen molar-refractivity contribution >= 4 is 0 Å². The minimum Gasteiger partial charge on any atom is -0.316 e. The normalized spacial score (nSPS) is 36.0. The highest BCUT2D eigenvalue weighted by Crippen LogP contribution is 2.60. The highest BCUT2D eigenvalue weighted by Gasteiger charge is 2.52. The summed E-state index contributed by atoms with van der Waals surface area (Å²) in [7, 11) is 0. The molecule has 2 aliphatic rings. The van der Waals surface area contributed by atoms with E-state index in [9.17, 15) is 0 Å². The van der Waals surface area contributed by atoms with E-state index in [2.05, 4.69) is 26.1 Å². The van der Waals surface area contributed by atoms with Crippen LogP contribution < -0.4 is 5.32 Å². The van der Waals surface area contributed by atoms with Crippen LogP contribution in [0, 0.1) is 23.2 Å². The molecular weight excluding hydrogens is 218 g/mol. The van der Waals surface area contributed by atoms with Crippen LogP contribution in [0.4, 0.5) is 0 Å². The van der Waals surface area contributed by atoms with Gasteiger partial charge in [0.25, 0.3) is 0 Å². The molecule has 2 saturated carbocycles. The van der Waals surface area contributed by atoms with E-state index < -0.39 is 0 Å². The lowest BCUT2D eigenvalue weighted by Gasteiger charge is -2.16. The largest absolute Gasteiger partial charge is 0.316 e. The Morgan fingerprint density at radius 1 is 1.22 bits per heavy atom. The van der Waals surface area contributed by atoms with Crippen LogP contribution in [0.3, 0.4) is 0 Å². The summed E-state index contributed by atoms with van der Waals surface area (Å²) < 4.78 is 0. The van der Waals surface area contributed by atoms with Crippen LogP contribution in [0.15, 0.2) is 0 Å². The molecule has 1 nitrogen and oxygen atoms in total. The monoisotopic (exact) mass is 251 g/mol. The molecule has 0 saturated heterocycles. The van der Waals surface area contributed by atoms with E-state index >= 15 is 0 Å². The Morgan fingerprint density at radius 3 is 2.78 bits per heavy atom. The van der Waals surface area contributed by atoms with Crippen molar-refractivity contribution in [1.82, 2.24) is 5.32 Å². The third-order valence-electron chi connectivity index (χ3n) is 5.34. The van der Waals surface area contributed by atoms with Gasteiger partial charge in [-0.25, -0.2) is 0 Å². The first-order valence-corrected chi connectivity index (χ1v) is 8.37. The summed E-state index contributed by atoms with van der Waals surface area (Å²) in [5, 5.41) is 3.68. The van der Waals surface area contributed by atoms with Gasteiger partial charge in [-0.15, -0.1) is 0 Å². The van der Waals surface area contributed by atoms with E-state index in [-0.39, 0.29) is 0 Å². The lowest BCUT2D eigenvalue weighted by molar-refractivity contribution is 0.364. The lowest BCUT2D eigenvalue weighted by atomic mass is 9.91.